The van der Waals surface area contributed by atoms with E-state index < -0.39 is 0 Å². The number of rotatable bonds is 2. The molecule has 2 aliphatic heterocycles. The lowest BCUT2D eigenvalue weighted by Gasteiger charge is -2.30. The van der Waals surface area contributed by atoms with Crippen LogP contribution >= 0.6 is 0 Å². The van der Waals surface area contributed by atoms with Crippen LogP contribution < -0.4 is 16.0 Å². The van der Waals surface area contributed by atoms with E-state index in [1.807, 2.05) is 0 Å². The number of imide groups is 1. The molecule has 3 amide bonds. The van der Waals surface area contributed by atoms with Crippen molar-refractivity contribution >= 4 is 17.7 Å². The summed E-state index contributed by atoms with van der Waals surface area (Å²) in [6.07, 6.45) is 1.70. The van der Waals surface area contributed by atoms with Gasteiger partial charge in [0.25, 0.3) is 5.91 Å². The number of hydrogen-bond acceptors (Lipinski definition) is 3. The Labute approximate surface area is 93.1 Å². The van der Waals surface area contributed by atoms with Gasteiger partial charge in [0.2, 0.25) is 11.8 Å². The molecule has 2 aliphatic rings. The fraction of sp³-hybridized carbons (Fsp3) is 0.700. The summed E-state index contributed by atoms with van der Waals surface area (Å²) in [7, 11) is 0. The number of hydrogen-bond donors (Lipinski definition) is 3. The van der Waals surface area contributed by atoms with Gasteiger partial charge in [-0.3, -0.25) is 19.7 Å². The van der Waals surface area contributed by atoms with Crippen molar-refractivity contribution in [1.82, 2.24) is 5.32 Å². The van der Waals surface area contributed by atoms with Crippen molar-refractivity contribution in [2.75, 3.05) is 13.1 Å². The summed E-state index contributed by atoms with van der Waals surface area (Å²) in [5.74, 6) is -0.702. The third kappa shape index (κ3) is 2.06. The van der Waals surface area contributed by atoms with Crippen LogP contribution in [-0.4, -0.2) is 36.9 Å². The van der Waals surface area contributed by atoms with Gasteiger partial charge in [-0.2, -0.15) is 0 Å². The first kappa shape index (κ1) is 11.1. The van der Waals surface area contributed by atoms with Gasteiger partial charge in [-0.25, -0.2) is 0 Å². The fourth-order valence-electron chi connectivity index (χ4n) is 2.50. The predicted octanol–water partition coefficient (Wildman–Crippen LogP) is -2.82. The van der Waals surface area contributed by atoms with Crippen molar-refractivity contribution in [1.29, 1.82) is 0 Å². The number of carbonyl (C=O) groups is 3. The number of piperidine rings is 1. The summed E-state index contributed by atoms with van der Waals surface area (Å²) in [5, 5.41) is 2.31. The van der Waals surface area contributed by atoms with Crippen LogP contribution in [0.5, 0.6) is 0 Å². The molecule has 88 valence electrons. The van der Waals surface area contributed by atoms with Crippen LogP contribution in [0, 0.1) is 5.92 Å². The van der Waals surface area contributed by atoms with E-state index in [4.69, 9.17) is 5.73 Å². The molecule has 0 aromatic heterocycles. The van der Waals surface area contributed by atoms with Gasteiger partial charge in [-0.05, 0) is 0 Å². The van der Waals surface area contributed by atoms with Crippen LogP contribution in [-0.2, 0) is 14.4 Å². The van der Waals surface area contributed by atoms with E-state index in [1.54, 1.807) is 0 Å². The van der Waals surface area contributed by atoms with Crippen LogP contribution in [0.2, 0.25) is 0 Å². The third-order valence-electron chi connectivity index (χ3n) is 3.49. The normalized spacial score (nSPS) is 34.9. The molecule has 16 heavy (non-hydrogen) atoms. The second-order valence-electron chi connectivity index (χ2n) is 4.50. The molecule has 6 nitrogen and oxygen atoms in total. The highest BCUT2D eigenvalue weighted by atomic mass is 16.2. The Bertz CT molecular complexity index is 334. The number of quaternary nitrogens is 1. The van der Waals surface area contributed by atoms with Crippen molar-refractivity contribution in [3.8, 4) is 0 Å². The van der Waals surface area contributed by atoms with Gasteiger partial charge < -0.3 is 10.6 Å². The second kappa shape index (κ2) is 4.21. The first-order valence-corrected chi connectivity index (χ1v) is 5.55. The minimum absolute atomic E-state index is 0.0658. The molecule has 0 spiro atoms. The topological polar surface area (TPSA) is 93.7 Å². The lowest BCUT2D eigenvalue weighted by atomic mass is 9.95. The largest absolute Gasteiger partial charge is 0.369 e. The second-order valence-corrected chi connectivity index (χ2v) is 4.50. The molecule has 0 saturated carbocycles. The van der Waals surface area contributed by atoms with Gasteiger partial charge >= 0.3 is 0 Å². The SMILES string of the molecule is NC(=O)C1CC[NH+]([C@@H]2CC(=O)NC2=O)CC1. The number of nitrogens with one attached hydrogen (secondary N) is 2. The van der Waals surface area contributed by atoms with E-state index >= 15 is 0 Å². The summed E-state index contributed by atoms with van der Waals surface area (Å²) in [4.78, 5) is 34.6. The first-order chi connectivity index (χ1) is 7.58. The van der Waals surface area contributed by atoms with Crippen molar-refractivity contribution in [2.45, 2.75) is 25.3 Å². The molecule has 0 unspecified atom stereocenters. The molecule has 4 N–H and O–H groups in total. The van der Waals surface area contributed by atoms with E-state index in [2.05, 4.69) is 5.32 Å². The van der Waals surface area contributed by atoms with Crippen LogP contribution in [0.15, 0.2) is 0 Å². The standard InChI is InChI=1S/C10H15N3O3/c11-9(15)6-1-3-13(4-2-6)7-5-8(14)12-10(7)16/h6-7H,1-5H2,(H2,11,15)(H,12,14,16)/p+1/t7-/m1/s1. The molecule has 2 saturated heterocycles. The Kier molecular flexibility index (Phi) is 2.91. The summed E-state index contributed by atoms with van der Waals surface area (Å²) in [6.45, 7) is 1.47. The third-order valence-corrected chi connectivity index (χ3v) is 3.49. The monoisotopic (exact) mass is 226 g/mol. The van der Waals surface area contributed by atoms with Crippen molar-refractivity contribution in [2.24, 2.45) is 11.7 Å². The van der Waals surface area contributed by atoms with E-state index in [0.717, 1.165) is 18.0 Å². The number of carbonyl (C=O) groups excluding carboxylic acids is 3. The molecule has 2 rings (SSSR count). The molecule has 0 aromatic rings. The summed E-state index contributed by atoms with van der Waals surface area (Å²) in [5.41, 5.74) is 5.23. The number of likely N-dealkylation sites (tertiary alicyclic amines) is 1. The lowest BCUT2D eigenvalue weighted by Crippen LogP contribution is -3.17. The van der Waals surface area contributed by atoms with Gasteiger partial charge in [0.15, 0.2) is 6.04 Å². The fourth-order valence-corrected chi connectivity index (χ4v) is 2.50. The number of nitrogens with two attached hydrogens (primary N) is 1. The van der Waals surface area contributed by atoms with Crippen molar-refractivity contribution in [3.05, 3.63) is 0 Å². The zero-order chi connectivity index (χ0) is 11.7. The van der Waals surface area contributed by atoms with Gasteiger partial charge in [-0.1, -0.05) is 0 Å². The zero-order valence-electron chi connectivity index (χ0n) is 8.99. The molecular formula is C10H16N3O3+. The van der Waals surface area contributed by atoms with Crippen molar-refractivity contribution < 1.29 is 19.3 Å². The van der Waals surface area contributed by atoms with E-state index in [-0.39, 0.29) is 36.1 Å². The molecule has 0 radical (unpaired) electrons. The number of amides is 3. The summed E-state index contributed by atoms with van der Waals surface area (Å²) < 4.78 is 0. The first-order valence-electron chi connectivity index (χ1n) is 5.55. The minimum atomic E-state index is -0.263. The van der Waals surface area contributed by atoms with E-state index in [1.165, 1.54) is 0 Å². The highest BCUT2D eigenvalue weighted by Gasteiger charge is 2.40. The summed E-state index contributed by atoms with van der Waals surface area (Å²) >= 11 is 0. The maximum absolute atomic E-state index is 11.5. The maximum atomic E-state index is 11.5. The quantitative estimate of drug-likeness (QED) is 0.443. The minimum Gasteiger partial charge on any atom is -0.369 e. The van der Waals surface area contributed by atoms with Gasteiger partial charge in [0.1, 0.15) is 0 Å². The average Bonchev–Trinajstić information content (AvgIpc) is 2.58. The molecule has 1 atom stereocenters. The van der Waals surface area contributed by atoms with Crippen molar-refractivity contribution in [3.63, 3.8) is 0 Å². The van der Waals surface area contributed by atoms with Gasteiger partial charge in [-0.15, -0.1) is 0 Å². The molecule has 0 aromatic carbocycles. The maximum Gasteiger partial charge on any atom is 0.285 e. The Balaban J connectivity index is 1.92. The van der Waals surface area contributed by atoms with Gasteiger partial charge in [0, 0.05) is 18.8 Å². The Morgan fingerprint density at radius 3 is 2.38 bits per heavy atom. The zero-order valence-corrected chi connectivity index (χ0v) is 8.99. The molecule has 6 heteroatoms. The van der Waals surface area contributed by atoms with Crippen LogP contribution in [0.25, 0.3) is 0 Å². The highest BCUT2D eigenvalue weighted by Crippen LogP contribution is 2.09. The molecule has 0 aliphatic carbocycles. The van der Waals surface area contributed by atoms with Crippen LogP contribution in [0.4, 0.5) is 0 Å². The lowest BCUT2D eigenvalue weighted by molar-refractivity contribution is -0.920. The smallest absolute Gasteiger partial charge is 0.285 e. The van der Waals surface area contributed by atoms with Crippen LogP contribution in [0.1, 0.15) is 19.3 Å². The molecular weight excluding hydrogens is 210 g/mol. The van der Waals surface area contributed by atoms with Crippen LogP contribution in [0.3, 0.4) is 0 Å². The summed E-state index contributed by atoms with van der Waals surface area (Å²) in [6, 6.07) is -0.263. The Morgan fingerprint density at radius 2 is 1.94 bits per heavy atom. The van der Waals surface area contributed by atoms with E-state index in [9.17, 15) is 14.4 Å². The Hall–Kier alpha value is -1.43. The number of primary amides is 1. The molecule has 0 bridgehead atoms. The van der Waals surface area contributed by atoms with E-state index in [0.29, 0.717) is 12.8 Å². The predicted molar refractivity (Wildman–Crippen MR) is 54.2 cm³/mol. The average molecular weight is 226 g/mol. The molecule has 2 heterocycles. The Morgan fingerprint density at radius 1 is 1.31 bits per heavy atom. The highest BCUT2D eigenvalue weighted by molar-refractivity contribution is 6.04. The molecule has 2 fully saturated rings. The van der Waals surface area contributed by atoms with Gasteiger partial charge in [0.05, 0.1) is 19.5 Å².